The van der Waals surface area contributed by atoms with Crippen molar-refractivity contribution in [3.63, 3.8) is 0 Å². The van der Waals surface area contributed by atoms with Crippen LogP contribution in [0.2, 0.25) is 0 Å². The number of nitriles is 1. The number of imidazole rings is 1. The van der Waals surface area contributed by atoms with E-state index in [2.05, 4.69) is 4.98 Å². The predicted molar refractivity (Wildman–Crippen MR) is 87.8 cm³/mol. The Morgan fingerprint density at radius 1 is 1.33 bits per heavy atom. The Balaban J connectivity index is 1.85. The molecule has 24 heavy (non-hydrogen) atoms. The molecule has 1 aliphatic rings. The minimum absolute atomic E-state index is 0.0189. The lowest BCUT2D eigenvalue weighted by atomic mass is 10.1. The maximum absolute atomic E-state index is 13.5. The molecule has 1 fully saturated rings. The highest BCUT2D eigenvalue weighted by molar-refractivity contribution is 5.76. The molecule has 0 bridgehead atoms. The Morgan fingerprint density at radius 3 is 2.83 bits per heavy atom. The molecule has 1 aromatic carbocycles. The number of pyridine rings is 1. The zero-order valence-electron chi connectivity index (χ0n) is 13.2. The summed E-state index contributed by atoms with van der Waals surface area (Å²) in [5.74, 6) is 0.0357. The molecule has 0 spiro atoms. The molecule has 0 amide bonds. The maximum Gasteiger partial charge on any atom is 0.330 e. The van der Waals surface area contributed by atoms with Crippen molar-refractivity contribution in [2.75, 3.05) is 0 Å². The van der Waals surface area contributed by atoms with E-state index in [1.165, 1.54) is 29.5 Å². The van der Waals surface area contributed by atoms with Crippen LogP contribution in [-0.2, 0) is 13.6 Å². The van der Waals surface area contributed by atoms with Crippen molar-refractivity contribution < 1.29 is 4.39 Å². The SMILES string of the molecule is Cn1c(=O)n(CC2CC2)c2ccc(-c3ccc(F)c(C#N)c3)nc21. The Bertz CT molecular complexity index is 1050. The standard InChI is InChI=1S/C18H15FN4O/c1-22-17-16(23(18(22)24)10-11-2-3-11)7-6-15(21-17)12-4-5-14(19)13(8-12)9-20/h4-8,11H,2-3,10H2,1H3. The first kappa shape index (κ1) is 14.6. The molecule has 3 aromatic rings. The van der Waals surface area contributed by atoms with Crippen LogP contribution in [0.25, 0.3) is 22.4 Å². The van der Waals surface area contributed by atoms with Crippen LogP contribution in [0.1, 0.15) is 18.4 Å². The van der Waals surface area contributed by atoms with E-state index >= 15 is 0 Å². The van der Waals surface area contributed by atoms with Crippen LogP contribution >= 0.6 is 0 Å². The maximum atomic E-state index is 13.5. The van der Waals surface area contributed by atoms with E-state index in [0.29, 0.717) is 22.8 Å². The summed E-state index contributed by atoms with van der Waals surface area (Å²) in [6.07, 6.45) is 2.34. The van der Waals surface area contributed by atoms with Gasteiger partial charge in [-0.05, 0) is 49.1 Å². The number of hydrogen-bond acceptors (Lipinski definition) is 3. The summed E-state index contributed by atoms with van der Waals surface area (Å²) >= 11 is 0. The lowest BCUT2D eigenvalue weighted by molar-refractivity contribution is 0.609. The van der Waals surface area contributed by atoms with Crippen LogP contribution < -0.4 is 5.69 Å². The van der Waals surface area contributed by atoms with Crippen LogP contribution in [0.5, 0.6) is 0 Å². The number of rotatable bonds is 3. The lowest BCUT2D eigenvalue weighted by Crippen LogP contribution is -2.22. The number of nitrogens with zero attached hydrogens (tertiary/aromatic N) is 4. The summed E-state index contributed by atoms with van der Waals surface area (Å²) in [4.78, 5) is 17.0. The average Bonchev–Trinajstić information content (AvgIpc) is 3.39. The minimum Gasteiger partial charge on any atom is -0.290 e. The van der Waals surface area contributed by atoms with Crippen molar-refractivity contribution >= 4 is 11.2 Å². The third-order valence-corrected chi connectivity index (χ3v) is 4.50. The first-order chi connectivity index (χ1) is 11.6. The molecular formula is C18H15FN4O. The van der Waals surface area contributed by atoms with Crippen LogP contribution in [-0.4, -0.2) is 14.1 Å². The molecule has 2 aromatic heterocycles. The highest BCUT2D eigenvalue weighted by Crippen LogP contribution is 2.31. The van der Waals surface area contributed by atoms with E-state index in [4.69, 9.17) is 5.26 Å². The van der Waals surface area contributed by atoms with Crippen molar-refractivity contribution in [3.8, 4) is 17.3 Å². The van der Waals surface area contributed by atoms with Gasteiger partial charge in [-0.25, -0.2) is 14.2 Å². The zero-order valence-corrected chi connectivity index (χ0v) is 13.2. The summed E-state index contributed by atoms with van der Waals surface area (Å²) in [7, 11) is 1.70. The monoisotopic (exact) mass is 322 g/mol. The lowest BCUT2D eigenvalue weighted by Gasteiger charge is -2.04. The summed E-state index contributed by atoms with van der Waals surface area (Å²) in [6.45, 7) is 0.729. The van der Waals surface area contributed by atoms with Crippen LogP contribution in [0.15, 0.2) is 35.1 Å². The Labute approximate surface area is 137 Å². The van der Waals surface area contributed by atoms with Crippen molar-refractivity contribution in [2.45, 2.75) is 19.4 Å². The van der Waals surface area contributed by atoms with Crippen molar-refractivity contribution in [3.05, 3.63) is 52.2 Å². The van der Waals surface area contributed by atoms with E-state index in [0.717, 1.165) is 12.1 Å². The topological polar surface area (TPSA) is 63.6 Å². The predicted octanol–water partition coefficient (Wildman–Crippen LogP) is 2.82. The molecule has 0 aliphatic heterocycles. The highest BCUT2D eigenvalue weighted by Gasteiger charge is 2.24. The van der Waals surface area contributed by atoms with Gasteiger partial charge in [-0.2, -0.15) is 5.26 Å². The fourth-order valence-corrected chi connectivity index (χ4v) is 2.94. The van der Waals surface area contributed by atoms with E-state index < -0.39 is 5.82 Å². The van der Waals surface area contributed by atoms with E-state index in [9.17, 15) is 9.18 Å². The Hall–Kier alpha value is -2.94. The average molecular weight is 322 g/mol. The van der Waals surface area contributed by atoms with Gasteiger partial charge in [0.1, 0.15) is 11.9 Å². The third-order valence-electron chi connectivity index (χ3n) is 4.50. The quantitative estimate of drug-likeness (QED) is 0.745. The number of fused-ring (bicyclic) bond motifs is 1. The fraction of sp³-hybridized carbons (Fsp3) is 0.278. The summed E-state index contributed by atoms with van der Waals surface area (Å²) < 4.78 is 16.8. The first-order valence-corrected chi connectivity index (χ1v) is 7.85. The molecule has 1 aliphatic carbocycles. The van der Waals surface area contributed by atoms with Crippen molar-refractivity contribution in [1.29, 1.82) is 5.26 Å². The van der Waals surface area contributed by atoms with Gasteiger partial charge >= 0.3 is 5.69 Å². The minimum atomic E-state index is -0.551. The van der Waals surface area contributed by atoms with E-state index in [1.807, 2.05) is 12.1 Å². The van der Waals surface area contributed by atoms with Crippen LogP contribution in [0.3, 0.4) is 0 Å². The molecule has 1 saturated carbocycles. The van der Waals surface area contributed by atoms with Gasteiger partial charge < -0.3 is 0 Å². The summed E-state index contributed by atoms with van der Waals surface area (Å²) in [5, 5.41) is 8.98. The van der Waals surface area contributed by atoms with E-state index in [-0.39, 0.29) is 11.3 Å². The molecular weight excluding hydrogens is 307 g/mol. The Morgan fingerprint density at radius 2 is 2.12 bits per heavy atom. The normalized spacial score (nSPS) is 14.0. The smallest absolute Gasteiger partial charge is 0.290 e. The van der Waals surface area contributed by atoms with Gasteiger partial charge in [-0.1, -0.05) is 0 Å². The van der Waals surface area contributed by atoms with Gasteiger partial charge in [0.05, 0.1) is 16.8 Å². The van der Waals surface area contributed by atoms with Gasteiger partial charge in [0.2, 0.25) is 0 Å². The second-order valence-electron chi connectivity index (χ2n) is 6.24. The number of benzene rings is 1. The second kappa shape index (κ2) is 5.31. The molecule has 5 nitrogen and oxygen atoms in total. The second-order valence-corrected chi connectivity index (χ2v) is 6.24. The molecule has 0 N–H and O–H groups in total. The Kier molecular flexibility index (Phi) is 3.24. The molecule has 0 atom stereocenters. The zero-order chi connectivity index (χ0) is 16.8. The molecule has 0 radical (unpaired) electrons. The van der Waals surface area contributed by atoms with Gasteiger partial charge in [0, 0.05) is 19.2 Å². The van der Waals surface area contributed by atoms with Gasteiger partial charge in [0.25, 0.3) is 0 Å². The van der Waals surface area contributed by atoms with Gasteiger partial charge in [-0.15, -0.1) is 0 Å². The highest BCUT2D eigenvalue weighted by atomic mass is 19.1. The largest absolute Gasteiger partial charge is 0.330 e. The molecule has 6 heteroatoms. The molecule has 2 heterocycles. The van der Waals surface area contributed by atoms with Crippen LogP contribution in [0.4, 0.5) is 4.39 Å². The molecule has 0 saturated heterocycles. The number of halogens is 1. The number of aromatic nitrogens is 3. The van der Waals surface area contributed by atoms with Gasteiger partial charge in [-0.3, -0.25) is 9.13 Å². The number of hydrogen-bond donors (Lipinski definition) is 0. The first-order valence-electron chi connectivity index (χ1n) is 7.85. The molecule has 4 rings (SSSR count). The summed E-state index contributed by atoms with van der Waals surface area (Å²) in [6, 6.07) is 9.83. The third kappa shape index (κ3) is 2.29. The summed E-state index contributed by atoms with van der Waals surface area (Å²) in [5.41, 5.74) is 2.57. The van der Waals surface area contributed by atoms with E-state index in [1.54, 1.807) is 23.7 Å². The van der Waals surface area contributed by atoms with Gasteiger partial charge in [0.15, 0.2) is 5.65 Å². The molecule has 0 unspecified atom stereocenters. The van der Waals surface area contributed by atoms with Crippen molar-refractivity contribution in [2.24, 2.45) is 13.0 Å². The van der Waals surface area contributed by atoms with Crippen LogP contribution in [0, 0.1) is 23.1 Å². The fourth-order valence-electron chi connectivity index (χ4n) is 2.94. The van der Waals surface area contributed by atoms with Crippen molar-refractivity contribution in [1.82, 2.24) is 14.1 Å². The molecule has 120 valence electrons. The number of aryl methyl sites for hydroxylation is 1.